The number of hydrogen-bond donors (Lipinski definition) is 1. The molecule has 0 saturated heterocycles. The van der Waals surface area contributed by atoms with Gasteiger partial charge in [-0.15, -0.1) is 0 Å². The standard InChI is InChI=1S/C10H13N3/c1-3-4-5-9(6-11)10-7-13(2)8-12-10/h3-8H,1,11H2,2H3/b5-4-,9-6+. The minimum atomic E-state index is 0.864. The Kier molecular flexibility index (Phi) is 3.09. The lowest BCUT2D eigenvalue weighted by atomic mass is 10.2. The predicted molar refractivity (Wildman–Crippen MR) is 54.7 cm³/mol. The second-order valence-electron chi connectivity index (χ2n) is 2.64. The van der Waals surface area contributed by atoms with Gasteiger partial charge in [0.25, 0.3) is 0 Å². The summed E-state index contributed by atoms with van der Waals surface area (Å²) in [4.78, 5) is 4.17. The third-order valence-corrected chi connectivity index (χ3v) is 1.59. The molecule has 0 aliphatic heterocycles. The zero-order chi connectivity index (χ0) is 9.68. The van der Waals surface area contributed by atoms with Gasteiger partial charge in [-0.2, -0.15) is 0 Å². The highest BCUT2D eigenvalue weighted by atomic mass is 15.0. The van der Waals surface area contributed by atoms with Gasteiger partial charge in [0.2, 0.25) is 0 Å². The van der Waals surface area contributed by atoms with E-state index in [9.17, 15) is 0 Å². The van der Waals surface area contributed by atoms with Crippen molar-refractivity contribution >= 4 is 5.57 Å². The number of aryl methyl sites for hydroxylation is 1. The molecule has 0 amide bonds. The van der Waals surface area contributed by atoms with Crippen LogP contribution in [0.5, 0.6) is 0 Å². The molecule has 0 atom stereocenters. The average Bonchev–Trinajstić information content (AvgIpc) is 2.54. The highest BCUT2D eigenvalue weighted by Crippen LogP contribution is 2.11. The first-order valence-corrected chi connectivity index (χ1v) is 3.97. The molecule has 0 unspecified atom stereocenters. The van der Waals surface area contributed by atoms with Crippen molar-refractivity contribution in [3.63, 3.8) is 0 Å². The van der Waals surface area contributed by atoms with Crippen LogP contribution in [-0.2, 0) is 7.05 Å². The fraction of sp³-hybridized carbons (Fsp3) is 0.100. The van der Waals surface area contributed by atoms with Gasteiger partial charge >= 0.3 is 0 Å². The molecule has 1 heterocycles. The van der Waals surface area contributed by atoms with Crippen molar-refractivity contribution in [2.24, 2.45) is 12.8 Å². The Morgan fingerprint density at radius 2 is 2.46 bits per heavy atom. The fourth-order valence-electron chi connectivity index (χ4n) is 0.960. The van der Waals surface area contributed by atoms with Gasteiger partial charge < -0.3 is 10.3 Å². The Morgan fingerprint density at radius 1 is 1.69 bits per heavy atom. The van der Waals surface area contributed by atoms with E-state index in [4.69, 9.17) is 5.73 Å². The number of imidazole rings is 1. The highest BCUT2D eigenvalue weighted by molar-refractivity contribution is 5.71. The van der Waals surface area contributed by atoms with E-state index >= 15 is 0 Å². The first-order valence-electron chi connectivity index (χ1n) is 3.97. The van der Waals surface area contributed by atoms with Crippen molar-refractivity contribution in [1.29, 1.82) is 0 Å². The summed E-state index contributed by atoms with van der Waals surface area (Å²) in [6.45, 7) is 3.59. The van der Waals surface area contributed by atoms with Crippen molar-refractivity contribution in [2.75, 3.05) is 0 Å². The van der Waals surface area contributed by atoms with Crippen molar-refractivity contribution in [1.82, 2.24) is 9.55 Å². The molecule has 0 spiro atoms. The van der Waals surface area contributed by atoms with Crippen LogP contribution in [0.25, 0.3) is 5.57 Å². The molecule has 3 heteroatoms. The van der Waals surface area contributed by atoms with Gasteiger partial charge in [0.15, 0.2) is 0 Å². The fourth-order valence-corrected chi connectivity index (χ4v) is 0.960. The Bertz CT molecular complexity index is 345. The summed E-state index contributed by atoms with van der Waals surface area (Å²) < 4.78 is 1.88. The number of nitrogens with two attached hydrogens (primary N) is 1. The summed E-state index contributed by atoms with van der Waals surface area (Å²) in [5, 5.41) is 0. The molecular weight excluding hydrogens is 162 g/mol. The number of nitrogens with zero attached hydrogens (tertiary/aromatic N) is 2. The number of allylic oxidation sites excluding steroid dienone is 4. The monoisotopic (exact) mass is 175 g/mol. The first-order chi connectivity index (χ1) is 6.27. The topological polar surface area (TPSA) is 43.8 Å². The van der Waals surface area contributed by atoms with Crippen molar-refractivity contribution < 1.29 is 0 Å². The maximum atomic E-state index is 5.46. The van der Waals surface area contributed by atoms with Crippen LogP contribution in [0, 0.1) is 0 Å². The van der Waals surface area contributed by atoms with E-state index in [-0.39, 0.29) is 0 Å². The largest absolute Gasteiger partial charge is 0.404 e. The van der Waals surface area contributed by atoms with E-state index in [1.807, 2.05) is 30.0 Å². The molecule has 0 saturated carbocycles. The summed E-state index contributed by atoms with van der Waals surface area (Å²) in [6, 6.07) is 0. The van der Waals surface area contributed by atoms with Crippen LogP contribution >= 0.6 is 0 Å². The summed E-state index contributed by atoms with van der Waals surface area (Å²) >= 11 is 0. The van der Waals surface area contributed by atoms with Gasteiger partial charge in [-0.05, 0) is 0 Å². The van der Waals surface area contributed by atoms with Gasteiger partial charge in [-0.1, -0.05) is 24.8 Å². The van der Waals surface area contributed by atoms with Crippen LogP contribution in [-0.4, -0.2) is 9.55 Å². The van der Waals surface area contributed by atoms with Gasteiger partial charge in [0.05, 0.1) is 12.0 Å². The quantitative estimate of drug-likeness (QED) is 0.707. The third kappa shape index (κ3) is 2.33. The van der Waals surface area contributed by atoms with Crippen LogP contribution in [0.2, 0.25) is 0 Å². The molecule has 68 valence electrons. The van der Waals surface area contributed by atoms with Crippen molar-refractivity contribution in [2.45, 2.75) is 0 Å². The average molecular weight is 175 g/mol. The molecule has 0 aromatic carbocycles. The summed E-state index contributed by atoms with van der Waals surface area (Å²) in [5.41, 5.74) is 7.21. The van der Waals surface area contributed by atoms with Crippen LogP contribution in [0.1, 0.15) is 5.69 Å². The number of aromatic nitrogens is 2. The van der Waals surface area contributed by atoms with E-state index in [0.717, 1.165) is 11.3 Å². The van der Waals surface area contributed by atoms with Crippen molar-refractivity contribution in [3.8, 4) is 0 Å². The van der Waals surface area contributed by atoms with E-state index in [1.54, 1.807) is 12.4 Å². The van der Waals surface area contributed by atoms with Gasteiger partial charge in [0.1, 0.15) is 0 Å². The lowest BCUT2D eigenvalue weighted by Crippen LogP contribution is -1.86. The molecule has 0 aliphatic rings. The highest BCUT2D eigenvalue weighted by Gasteiger charge is 1.99. The lowest BCUT2D eigenvalue weighted by molar-refractivity contribution is 0.913. The molecule has 0 bridgehead atoms. The zero-order valence-corrected chi connectivity index (χ0v) is 7.64. The molecular formula is C10H13N3. The summed E-state index contributed by atoms with van der Waals surface area (Å²) in [5.74, 6) is 0. The minimum absolute atomic E-state index is 0.864. The van der Waals surface area contributed by atoms with Gasteiger partial charge in [0, 0.05) is 25.0 Å². The maximum absolute atomic E-state index is 5.46. The third-order valence-electron chi connectivity index (χ3n) is 1.59. The van der Waals surface area contributed by atoms with E-state index in [1.165, 1.54) is 6.20 Å². The molecule has 1 aromatic heterocycles. The second-order valence-corrected chi connectivity index (χ2v) is 2.64. The smallest absolute Gasteiger partial charge is 0.0951 e. The summed E-state index contributed by atoms with van der Waals surface area (Å²) in [6.07, 6.45) is 10.6. The predicted octanol–water partition coefficient (Wildman–Crippen LogP) is 1.46. The molecule has 2 N–H and O–H groups in total. The molecule has 1 rings (SSSR count). The SMILES string of the molecule is C=C/C=C\C(=C/N)c1cn(C)cn1. The summed E-state index contributed by atoms with van der Waals surface area (Å²) in [7, 11) is 1.92. The van der Waals surface area contributed by atoms with Crippen LogP contribution in [0.3, 0.4) is 0 Å². The Morgan fingerprint density at radius 3 is 2.92 bits per heavy atom. The van der Waals surface area contributed by atoms with Crippen LogP contribution < -0.4 is 5.73 Å². The van der Waals surface area contributed by atoms with E-state index in [2.05, 4.69) is 11.6 Å². The zero-order valence-electron chi connectivity index (χ0n) is 7.64. The van der Waals surface area contributed by atoms with E-state index in [0.29, 0.717) is 0 Å². The Balaban J connectivity index is 2.91. The lowest BCUT2D eigenvalue weighted by Gasteiger charge is -1.93. The molecule has 3 nitrogen and oxygen atoms in total. The first kappa shape index (κ1) is 9.32. The number of rotatable bonds is 3. The number of hydrogen-bond acceptors (Lipinski definition) is 2. The molecule has 1 aromatic rings. The minimum Gasteiger partial charge on any atom is -0.404 e. The van der Waals surface area contributed by atoms with Crippen molar-refractivity contribution in [3.05, 3.63) is 49.2 Å². The molecule has 13 heavy (non-hydrogen) atoms. The normalized spacial score (nSPS) is 12.2. The molecule has 0 radical (unpaired) electrons. The maximum Gasteiger partial charge on any atom is 0.0951 e. The van der Waals surface area contributed by atoms with Crippen LogP contribution in [0.4, 0.5) is 0 Å². The Labute approximate surface area is 77.9 Å². The van der Waals surface area contributed by atoms with Crippen LogP contribution in [0.15, 0.2) is 43.5 Å². The molecule has 0 fully saturated rings. The Hall–Kier alpha value is -1.77. The van der Waals surface area contributed by atoms with Gasteiger partial charge in [-0.25, -0.2) is 4.98 Å². The van der Waals surface area contributed by atoms with E-state index < -0.39 is 0 Å². The van der Waals surface area contributed by atoms with Gasteiger partial charge in [-0.3, -0.25) is 0 Å². The molecule has 0 aliphatic carbocycles. The second kappa shape index (κ2) is 4.30.